The number of amides is 1. The first kappa shape index (κ1) is 16.2. The van der Waals surface area contributed by atoms with E-state index in [-0.39, 0.29) is 11.3 Å². The van der Waals surface area contributed by atoms with Crippen LogP contribution in [0.2, 0.25) is 0 Å². The highest BCUT2D eigenvalue weighted by molar-refractivity contribution is 7.10. The zero-order valence-corrected chi connectivity index (χ0v) is 14.5. The van der Waals surface area contributed by atoms with E-state index in [1.165, 1.54) is 4.88 Å². The van der Waals surface area contributed by atoms with Crippen LogP contribution in [0, 0.1) is 13.8 Å². The van der Waals surface area contributed by atoms with E-state index in [0.29, 0.717) is 6.54 Å². The van der Waals surface area contributed by atoms with Crippen molar-refractivity contribution < 1.29 is 9.53 Å². The Labute approximate surface area is 141 Å². The fourth-order valence-electron chi connectivity index (χ4n) is 3.31. The van der Waals surface area contributed by atoms with Gasteiger partial charge in [-0.15, -0.1) is 11.3 Å². The summed E-state index contributed by atoms with van der Waals surface area (Å²) in [6.45, 7) is 6.24. The van der Waals surface area contributed by atoms with E-state index in [9.17, 15) is 4.79 Å². The van der Waals surface area contributed by atoms with Crippen molar-refractivity contribution in [2.45, 2.75) is 32.1 Å². The Morgan fingerprint density at radius 2 is 1.91 bits per heavy atom. The Bertz CT molecular complexity index is 652. The molecule has 1 fully saturated rings. The number of ether oxygens (including phenoxy) is 1. The van der Waals surface area contributed by atoms with Crippen LogP contribution in [0.4, 0.5) is 0 Å². The number of nitrogens with one attached hydrogen (secondary N) is 1. The van der Waals surface area contributed by atoms with E-state index >= 15 is 0 Å². The highest BCUT2D eigenvalue weighted by Gasteiger charge is 2.35. The summed E-state index contributed by atoms with van der Waals surface area (Å²) in [6, 6.07) is 10.2. The normalized spacial score (nSPS) is 17.0. The molecule has 0 spiro atoms. The van der Waals surface area contributed by atoms with Crippen molar-refractivity contribution in [2.24, 2.45) is 0 Å². The molecule has 1 aromatic heterocycles. The van der Waals surface area contributed by atoms with E-state index in [1.807, 2.05) is 26.0 Å². The fourth-order valence-corrected chi connectivity index (χ4v) is 4.30. The smallest absolute Gasteiger partial charge is 0.251 e. The second-order valence-electron chi connectivity index (χ2n) is 6.43. The standard InChI is InChI=1S/C19H23NO2S/c1-14-10-15(2)12-16(11-14)18(21)20-13-19(5-7-22-8-6-19)17-4-3-9-23-17/h3-4,9-12H,5-8,13H2,1-2H3,(H,20,21). The summed E-state index contributed by atoms with van der Waals surface area (Å²) in [4.78, 5) is 13.9. The van der Waals surface area contributed by atoms with Gasteiger partial charge in [-0.2, -0.15) is 0 Å². The number of hydrogen-bond donors (Lipinski definition) is 1. The minimum Gasteiger partial charge on any atom is -0.381 e. The van der Waals surface area contributed by atoms with Gasteiger partial charge in [-0.1, -0.05) is 23.3 Å². The first-order chi connectivity index (χ1) is 11.1. The predicted molar refractivity (Wildman–Crippen MR) is 94.3 cm³/mol. The molecule has 0 unspecified atom stereocenters. The van der Waals surface area contributed by atoms with Gasteiger partial charge < -0.3 is 10.1 Å². The second kappa shape index (κ2) is 6.85. The molecule has 3 rings (SSSR count). The van der Waals surface area contributed by atoms with Crippen molar-refractivity contribution in [3.8, 4) is 0 Å². The number of benzene rings is 1. The molecule has 1 aliphatic heterocycles. The summed E-state index contributed by atoms with van der Waals surface area (Å²) < 4.78 is 5.54. The van der Waals surface area contributed by atoms with Crippen molar-refractivity contribution in [3.05, 3.63) is 57.3 Å². The van der Waals surface area contributed by atoms with Crippen molar-refractivity contribution in [1.82, 2.24) is 5.32 Å². The van der Waals surface area contributed by atoms with E-state index < -0.39 is 0 Å². The van der Waals surface area contributed by atoms with Crippen LogP contribution in [0.25, 0.3) is 0 Å². The van der Waals surface area contributed by atoms with Gasteiger partial charge in [0.2, 0.25) is 0 Å². The van der Waals surface area contributed by atoms with Crippen molar-refractivity contribution in [3.63, 3.8) is 0 Å². The maximum Gasteiger partial charge on any atom is 0.251 e. The van der Waals surface area contributed by atoms with Gasteiger partial charge in [0, 0.05) is 35.6 Å². The number of carbonyl (C=O) groups is 1. The monoisotopic (exact) mass is 329 g/mol. The fraction of sp³-hybridized carbons (Fsp3) is 0.421. The van der Waals surface area contributed by atoms with E-state index in [1.54, 1.807) is 11.3 Å². The molecule has 1 N–H and O–H groups in total. The Kier molecular flexibility index (Phi) is 4.83. The summed E-state index contributed by atoms with van der Waals surface area (Å²) in [6.07, 6.45) is 1.92. The largest absolute Gasteiger partial charge is 0.381 e. The van der Waals surface area contributed by atoms with Crippen LogP contribution < -0.4 is 5.32 Å². The van der Waals surface area contributed by atoms with Crippen LogP contribution in [-0.2, 0) is 10.2 Å². The molecule has 1 saturated heterocycles. The Balaban J connectivity index is 1.75. The second-order valence-corrected chi connectivity index (χ2v) is 7.38. The minimum absolute atomic E-state index is 0.0132. The Morgan fingerprint density at radius 3 is 2.52 bits per heavy atom. The molecule has 1 amide bonds. The molecule has 1 aromatic carbocycles. The lowest BCUT2D eigenvalue weighted by molar-refractivity contribution is 0.0499. The third-order valence-corrected chi connectivity index (χ3v) is 5.68. The summed E-state index contributed by atoms with van der Waals surface area (Å²) in [7, 11) is 0. The number of rotatable bonds is 4. The van der Waals surface area contributed by atoms with Gasteiger partial charge in [-0.05, 0) is 50.3 Å². The lowest BCUT2D eigenvalue weighted by Gasteiger charge is -2.36. The van der Waals surface area contributed by atoms with Gasteiger partial charge in [0.15, 0.2) is 0 Å². The highest BCUT2D eigenvalue weighted by Crippen LogP contribution is 2.37. The van der Waals surface area contributed by atoms with Gasteiger partial charge in [0.05, 0.1) is 0 Å². The van der Waals surface area contributed by atoms with Crippen LogP contribution in [0.5, 0.6) is 0 Å². The average molecular weight is 329 g/mol. The van der Waals surface area contributed by atoms with Gasteiger partial charge in [-0.25, -0.2) is 0 Å². The summed E-state index contributed by atoms with van der Waals surface area (Å²) in [5, 5.41) is 5.27. The molecule has 0 saturated carbocycles. The van der Waals surface area contributed by atoms with Crippen molar-refractivity contribution >= 4 is 17.2 Å². The van der Waals surface area contributed by atoms with Crippen LogP contribution in [0.3, 0.4) is 0 Å². The summed E-state index contributed by atoms with van der Waals surface area (Å²) >= 11 is 1.77. The molecule has 0 aliphatic carbocycles. The number of thiophene rings is 1. The lowest BCUT2D eigenvalue weighted by atomic mass is 9.78. The van der Waals surface area contributed by atoms with E-state index in [4.69, 9.17) is 4.74 Å². The van der Waals surface area contributed by atoms with Crippen molar-refractivity contribution in [1.29, 1.82) is 0 Å². The molecule has 2 heterocycles. The highest BCUT2D eigenvalue weighted by atomic mass is 32.1. The minimum atomic E-state index is 0.0132. The molecule has 0 bridgehead atoms. The average Bonchev–Trinajstić information content (AvgIpc) is 3.07. The predicted octanol–water partition coefficient (Wildman–Crippen LogP) is 3.84. The molecule has 0 radical (unpaired) electrons. The molecule has 4 heteroatoms. The van der Waals surface area contributed by atoms with E-state index in [0.717, 1.165) is 42.7 Å². The third-order valence-electron chi connectivity index (χ3n) is 4.56. The molecule has 2 aromatic rings. The first-order valence-corrected chi connectivity index (χ1v) is 8.95. The first-order valence-electron chi connectivity index (χ1n) is 8.07. The van der Waals surface area contributed by atoms with Gasteiger partial charge in [0.1, 0.15) is 0 Å². The van der Waals surface area contributed by atoms with Crippen LogP contribution >= 0.6 is 11.3 Å². The molecule has 1 aliphatic rings. The molecule has 122 valence electrons. The number of hydrogen-bond acceptors (Lipinski definition) is 3. The van der Waals surface area contributed by atoms with E-state index in [2.05, 4.69) is 28.9 Å². The Hall–Kier alpha value is -1.65. The van der Waals surface area contributed by atoms with Crippen molar-refractivity contribution in [2.75, 3.05) is 19.8 Å². The molecule has 3 nitrogen and oxygen atoms in total. The third kappa shape index (κ3) is 3.65. The Morgan fingerprint density at radius 1 is 1.22 bits per heavy atom. The maximum atomic E-state index is 12.6. The maximum absolute atomic E-state index is 12.6. The van der Waals surface area contributed by atoms with Gasteiger partial charge >= 0.3 is 0 Å². The van der Waals surface area contributed by atoms with Gasteiger partial charge in [0.25, 0.3) is 5.91 Å². The summed E-state index contributed by atoms with van der Waals surface area (Å²) in [5.41, 5.74) is 3.00. The quantitative estimate of drug-likeness (QED) is 0.925. The lowest BCUT2D eigenvalue weighted by Crippen LogP contribution is -2.44. The van der Waals surface area contributed by atoms with Crippen LogP contribution in [0.15, 0.2) is 35.7 Å². The summed E-state index contributed by atoms with van der Waals surface area (Å²) in [5.74, 6) is 0.0132. The zero-order valence-electron chi connectivity index (χ0n) is 13.7. The number of aryl methyl sites for hydroxylation is 2. The zero-order chi connectivity index (χ0) is 16.3. The van der Waals surface area contributed by atoms with Crippen LogP contribution in [0.1, 0.15) is 39.2 Å². The number of carbonyl (C=O) groups excluding carboxylic acids is 1. The molecular weight excluding hydrogens is 306 g/mol. The molecule has 0 atom stereocenters. The molecule has 23 heavy (non-hydrogen) atoms. The topological polar surface area (TPSA) is 38.3 Å². The molecular formula is C19H23NO2S. The SMILES string of the molecule is Cc1cc(C)cc(C(=O)NCC2(c3cccs3)CCOCC2)c1. The van der Waals surface area contributed by atoms with Crippen LogP contribution in [-0.4, -0.2) is 25.7 Å². The van der Waals surface area contributed by atoms with Gasteiger partial charge in [-0.3, -0.25) is 4.79 Å².